The topological polar surface area (TPSA) is 113 Å². The van der Waals surface area contributed by atoms with Gasteiger partial charge in [-0.15, -0.1) is 0 Å². The highest BCUT2D eigenvalue weighted by Crippen LogP contribution is 2.39. The van der Waals surface area contributed by atoms with Gasteiger partial charge in [-0.05, 0) is 46.0 Å². The van der Waals surface area contributed by atoms with Crippen LogP contribution in [0.25, 0.3) is 11.1 Å². The monoisotopic (exact) mass is 656 g/mol. The summed E-state index contributed by atoms with van der Waals surface area (Å²) in [6.07, 6.45) is 6.79. The zero-order valence-electron chi connectivity index (χ0n) is 27.3. The smallest absolute Gasteiger partial charge is 0.253 e. The first-order valence-electron chi connectivity index (χ1n) is 16.7. The van der Waals surface area contributed by atoms with Crippen LogP contribution in [-0.2, 0) is 22.6 Å². The maximum Gasteiger partial charge on any atom is 0.253 e. The Bertz CT molecular complexity index is 1800. The minimum Gasteiger partial charge on any atom is -0.392 e. The van der Waals surface area contributed by atoms with Gasteiger partial charge in [0.15, 0.2) is 6.29 Å². The number of pyridine rings is 1. The summed E-state index contributed by atoms with van der Waals surface area (Å²) in [5, 5.41) is 12.6. The van der Waals surface area contributed by atoms with E-state index in [1.54, 1.807) is 36.9 Å². The zero-order valence-corrected chi connectivity index (χ0v) is 27.3. The van der Waals surface area contributed by atoms with E-state index in [-0.39, 0.29) is 24.7 Å². The molecule has 7 rings (SSSR count). The molecule has 2 aliphatic heterocycles. The molecule has 4 heterocycles. The third-order valence-corrected chi connectivity index (χ3v) is 9.16. The number of carbonyl (C=O) groups excluding carboxylic acids is 1. The summed E-state index contributed by atoms with van der Waals surface area (Å²) in [4.78, 5) is 30.2. The predicted octanol–water partition coefficient (Wildman–Crippen LogP) is 5.33. The fourth-order valence-corrected chi connectivity index (χ4v) is 6.46. The van der Waals surface area contributed by atoms with Gasteiger partial charge < -0.3 is 24.8 Å². The molecule has 5 aromatic rings. The highest BCUT2D eigenvalue weighted by Gasteiger charge is 2.34. The summed E-state index contributed by atoms with van der Waals surface area (Å²) >= 11 is 0. The third kappa shape index (κ3) is 8.01. The number of benzene rings is 3. The number of aliphatic hydroxyl groups excluding tert-OH is 1. The average molecular weight is 657 g/mol. The van der Waals surface area contributed by atoms with E-state index >= 15 is 0 Å². The fourth-order valence-electron chi connectivity index (χ4n) is 6.46. The molecular weight excluding hydrogens is 616 g/mol. The first-order chi connectivity index (χ1) is 24.1. The van der Waals surface area contributed by atoms with E-state index in [2.05, 4.69) is 60.4 Å². The zero-order chi connectivity index (χ0) is 33.4. The van der Waals surface area contributed by atoms with Crippen LogP contribution in [0.15, 0.2) is 116 Å². The van der Waals surface area contributed by atoms with Crippen molar-refractivity contribution in [2.45, 2.75) is 38.1 Å². The van der Waals surface area contributed by atoms with Crippen LogP contribution >= 0.6 is 0 Å². The average Bonchev–Trinajstić information content (AvgIpc) is 3.18. The number of aromatic nitrogens is 3. The molecule has 3 aromatic carbocycles. The number of hydrogen-bond donors (Lipinski definition) is 2. The second-order valence-electron chi connectivity index (χ2n) is 12.4. The number of anilines is 1. The number of nitrogens with one attached hydrogen (secondary N) is 1. The van der Waals surface area contributed by atoms with Crippen molar-refractivity contribution in [1.29, 1.82) is 0 Å². The lowest BCUT2D eigenvalue weighted by Gasteiger charge is -2.40. The Morgan fingerprint density at radius 2 is 1.57 bits per heavy atom. The van der Waals surface area contributed by atoms with Crippen LogP contribution in [0.5, 0.6) is 0 Å². The molecule has 0 unspecified atom stereocenters. The molecule has 0 radical (unpaired) electrons. The lowest BCUT2D eigenvalue weighted by atomic mass is 9.97. The van der Waals surface area contributed by atoms with E-state index in [4.69, 9.17) is 9.47 Å². The van der Waals surface area contributed by atoms with E-state index in [1.165, 1.54) is 0 Å². The van der Waals surface area contributed by atoms with Crippen LogP contribution in [0.3, 0.4) is 0 Å². The van der Waals surface area contributed by atoms with Gasteiger partial charge in [0.05, 0.1) is 24.4 Å². The van der Waals surface area contributed by atoms with Gasteiger partial charge in [-0.2, -0.15) is 0 Å². The van der Waals surface area contributed by atoms with Crippen LogP contribution in [0.2, 0.25) is 0 Å². The molecule has 0 aliphatic carbocycles. The molecule has 2 aromatic heterocycles. The van der Waals surface area contributed by atoms with Gasteiger partial charge in [-0.3, -0.25) is 14.7 Å². The van der Waals surface area contributed by atoms with Crippen molar-refractivity contribution in [1.82, 2.24) is 25.2 Å². The molecule has 10 heteroatoms. The molecule has 2 N–H and O–H groups in total. The minimum atomic E-state index is -0.539. The van der Waals surface area contributed by atoms with Crippen molar-refractivity contribution in [2.24, 2.45) is 0 Å². The van der Waals surface area contributed by atoms with Gasteiger partial charge in [0.25, 0.3) is 5.91 Å². The van der Waals surface area contributed by atoms with Crippen LogP contribution in [0.1, 0.15) is 51.4 Å². The van der Waals surface area contributed by atoms with Gasteiger partial charge in [0.1, 0.15) is 0 Å². The maximum atomic E-state index is 12.7. The molecule has 1 amide bonds. The van der Waals surface area contributed by atoms with Gasteiger partial charge in [0.2, 0.25) is 5.95 Å². The van der Waals surface area contributed by atoms with Gasteiger partial charge in [0, 0.05) is 76.0 Å². The van der Waals surface area contributed by atoms with Crippen LogP contribution in [-0.4, -0.2) is 69.7 Å². The van der Waals surface area contributed by atoms with E-state index in [9.17, 15) is 9.90 Å². The second kappa shape index (κ2) is 15.5. The number of amides is 1. The summed E-state index contributed by atoms with van der Waals surface area (Å²) < 4.78 is 13.3. The number of nitrogens with zero attached hydrogens (tertiary/aromatic N) is 5. The van der Waals surface area contributed by atoms with Crippen molar-refractivity contribution in [3.8, 4) is 11.1 Å². The summed E-state index contributed by atoms with van der Waals surface area (Å²) in [5.74, 6) is 0.614. The van der Waals surface area contributed by atoms with Crippen molar-refractivity contribution in [3.63, 3.8) is 0 Å². The lowest BCUT2D eigenvalue weighted by molar-refractivity contribution is -0.253. The van der Waals surface area contributed by atoms with E-state index < -0.39 is 6.29 Å². The Labute approximate surface area is 286 Å². The van der Waals surface area contributed by atoms with E-state index in [0.29, 0.717) is 12.1 Å². The summed E-state index contributed by atoms with van der Waals surface area (Å²) in [6.45, 7) is 4.72. The van der Waals surface area contributed by atoms with Crippen LogP contribution < -0.4 is 10.2 Å². The Morgan fingerprint density at radius 1 is 0.816 bits per heavy atom. The summed E-state index contributed by atoms with van der Waals surface area (Å²) in [7, 11) is 0. The quantitative estimate of drug-likeness (QED) is 0.206. The Hall–Kier alpha value is -5.00. The van der Waals surface area contributed by atoms with Crippen molar-refractivity contribution < 1.29 is 19.4 Å². The molecule has 0 saturated carbocycles. The SMILES string of the molecule is O=C(NCc1ccccc1-c1ccc([C@H]2O[C@@H](CN3CCN(c4ncccn4)CC3)C[C@@H](c3ccc(CO)cc3)O2)cc1)c1cccnc1. The largest absolute Gasteiger partial charge is 0.392 e. The molecule has 2 saturated heterocycles. The molecule has 3 atom stereocenters. The summed E-state index contributed by atoms with van der Waals surface area (Å²) in [5.41, 5.74) is 6.52. The number of piperazine rings is 1. The van der Waals surface area contributed by atoms with Gasteiger partial charge in [-0.1, -0.05) is 72.8 Å². The Morgan fingerprint density at radius 3 is 2.31 bits per heavy atom. The number of rotatable bonds is 10. The van der Waals surface area contributed by atoms with Crippen molar-refractivity contribution >= 4 is 11.9 Å². The Balaban J connectivity index is 1.05. The molecule has 2 aliphatic rings. The minimum absolute atomic E-state index is 0.00647. The van der Waals surface area contributed by atoms with Crippen molar-refractivity contribution in [3.05, 3.63) is 144 Å². The summed E-state index contributed by atoms with van der Waals surface area (Å²) in [6, 6.07) is 29.7. The maximum absolute atomic E-state index is 12.7. The first-order valence-corrected chi connectivity index (χ1v) is 16.7. The molecular formula is C39H40N6O4. The van der Waals surface area contributed by atoms with Crippen LogP contribution in [0.4, 0.5) is 5.95 Å². The molecule has 250 valence electrons. The van der Waals surface area contributed by atoms with Crippen LogP contribution in [0, 0.1) is 0 Å². The number of aliphatic hydroxyl groups is 1. The van der Waals surface area contributed by atoms with E-state index in [1.807, 2.05) is 48.5 Å². The molecule has 2 fully saturated rings. The molecule has 0 spiro atoms. The Kier molecular flexibility index (Phi) is 10.3. The molecule has 10 nitrogen and oxygen atoms in total. The van der Waals surface area contributed by atoms with E-state index in [0.717, 1.165) is 78.5 Å². The number of ether oxygens (including phenoxy) is 2. The highest BCUT2D eigenvalue weighted by molar-refractivity contribution is 5.93. The first kappa shape index (κ1) is 32.5. The number of hydrogen-bond acceptors (Lipinski definition) is 9. The van der Waals surface area contributed by atoms with Gasteiger partial charge >= 0.3 is 0 Å². The third-order valence-electron chi connectivity index (χ3n) is 9.16. The number of carbonyl (C=O) groups is 1. The fraction of sp³-hybridized carbons (Fsp3) is 0.282. The lowest BCUT2D eigenvalue weighted by Crippen LogP contribution is -2.50. The molecule has 49 heavy (non-hydrogen) atoms. The van der Waals surface area contributed by atoms with Crippen molar-refractivity contribution in [2.75, 3.05) is 37.6 Å². The second-order valence-corrected chi connectivity index (χ2v) is 12.4. The molecule has 0 bridgehead atoms. The standard InChI is InChI=1S/C39H40N6O4/c46-27-28-8-10-30(11-9-28)36-23-34(26-44-19-21-45(22-20-44)39-41-17-4-18-42-39)48-38(49-36)31-14-12-29(13-15-31)35-7-2-1-5-32(35)25-43-37(47)33-6-3-16-40-24-33/h1-18,24,34,36,38,46H,19-23,25-27H2,(H,43,47)/t34-,36+,38+/m1/s1. The predicted molar refractivity (Wildman–Crippen MR) is 186 cm³/mol. The highest BCUT2D eigenvalue weighted by atomic mass is 16.7. The normalized spacial score (nSPS) is 19.8. The van der Waals surface area contributed by atoms with Gasteiger partial charge in [-0.25, -0.2) is 9.97 Å².